The molecular weight excluding hydrogens is 916 g/mol. The molecule has 0 rings (SSSR count). The number of likely N-dealkylation sites (N-methyl/N-ethyl adjacent to an activating group) is 1. The lowest BCUT2D eigenvalue weighted by molar-refractivity contribution is -0.870. The molecule has 0 heterocycles. The van der Waals surface area contributed by atoms with Crippen molar-refractivity contribution in [3.8, 4) is 0 Å². The highest BCUT2D eigenvalue weighted by atomic mass is 31.2. The molecule has 1 amide bonds. The first-order valence-corrected chi connectivity index (χ1v) is 30.2. The number of hydrogen-bond acceptors (Lipinski definition) is 7. The number of unbranched alkanes of at least 4 members (excludes halogenated alkanes) is 18. The van der Waals surface area contributed by atoms with Gasteiger partial charge in [-0.3, -0.25) is 14.2 Å². The van der Waals surface area contributed by atoms with Gasteiger partial charge in [0.25, 0.3) is 7.82 Å². The molecule has 0 bridgehead atoms. The van der Waals surface area contributed by atoms with Crippen LogP contribution in [0.5, 0.6) is 0 Å². The second-order valence-electron chi connectivity index (χ2n) is 20.0. The average Bonchev–Trinajstić information content (AvgIpc) is 3.34. The number of carbonyl (C=O) groups is 2. The van der Waals surface area contributed by atoms with Crippen LogP contribution in [0.25, 0.3) is 0 Å². The molecule has 0 aromatic heterocycles. The number of nitrogens with one attached hydrogen (secondary N) is 1. The second-order valence-corrected chi connectivity index (χ2v) is 21.4. The summed E-state index contributed by atoms with van der Waals surface area (Å²) in [6, 6.07) is -0.914. The van der Waals surface area contributed by atoms with Crippen LogP contribution in [0.15, 0.2) is 109 Å². The van der Waals surface area contributed by atoms with Crippen LogP contribution in [0, 0.1) is 0 Å². The van der Waals surface area contributed by atoms with Gasteiger partial charge in [0.2, 0.25) is 5.91 Å². The highest BCUT2D eigenvalue weighted by Gasteiger charge is 2.27. The van der Waals surface area contributed by atoms with Crippen LogP contribution in [0.2, 0.25) is 0 Å². The van der Waals surface area contributed by atoms with E-state index in [4.69, 9.17) is 13.8 Å². The Bertz CT molecular complexity index is 1600. The van der Waals surface area contributed by atoms with Crippen molar-refractivity contribution >= 4 is 19.7 Å². The summed E-state index contributed by atoms with van der Waals surface area (Å²) in [5, 5.41) is 3.00. The summed E-state index contributed by atoms with van der Waals surface area (Å²) in [5.41, 5.74) is 0. The fourth-order valence-corrected chi connectivity index (χ4v) is 8.28. The zero-order valence-electron chi connectivity index (χ0n) is 46.8. The van der Waals surface area contributed by atoms with Crippen molar-refractivity contribution in [1.82, 2.24) is 5.32 Å². The number of hydrogen-bond donors (Lipinski definition) is 1. The van der Waals surface area contributed by atoms with E-state index in [1.165, 1.54) is 44.9 Å². The van der Waals surface area contributed by atoms with E-state index in [9.17, 15) is 19.0 Å². The molecule has 1 N–H and O–H groups in total. The molecular formula is C62H107N2O7P. The van der Waals surface area contributed by atoms with E-state index >= 15 is 0 Å². The van der Waals surface area contributed by atoms with E-state index in [0.717, 1.165) is 128 Å². The van der Waals surface area contributed by atoms with E-state index in [1.54, 1.807) is 0 Å². The molecule has 0 saturated heterocycles. The van der Waals surface area contributed by atoms with Crippen molar-refractivity contribution in [3.63, 3.8) is 0 Å². The summed E-state index contributed by atoms with van der Waals surface area (Å²) < 4.78 is 30.2. The number of nitrogens with zero attached hydrogens (tertiary/aromatic N) is 1. The average molecular weight is 1020 g/mol. The first-order valence-electron chi connectivity index (χ1n) is 28.7. The molecule has 3 unspecified atom stereocenters. The Hall–Kier alpha value is -3.33. The minimum atomic E-state index is -4.71. The molecule has 0 aromatic carbocycles. The Morgan fingerprint density at radius 3 is 1.33 bits per heavy atom. The zero-order valence-corrected chi connectivity index (χ0v) is 47.7. The Morgan fingerprint density at radius 1 is 0.500 bits per heavy atom. The maximum atomic E-state index is 13.5. The summed E-state index contributed by atoms with van der Waals surface area (Å²) in [4.78, 5) is 39.8. The van der Waals surface area contributed by atoms with Gasteiger partial charge in [-0.2, -0.15) is 0 Å². The largest absolute Gasteiger partial charge is 0.756 e. The molecule has 0 spiro atoms. The number of carbonyl (C=O) groups excluding carboxylic acids is 2. The van der Waals surface area contributed by atoms with E-state index < -0.39 is 26.6 Å². The van der Waals surface area contributed by atoms with Crippen molar-refractivity contribution < 1.29 is 37.3 Å². The number of amides is 1. The summed E-state index contributed by atoms with van der Waals surface area (Å²) in [6.45, 7) is 6.55. The standard InChI is InChI=1S/C62H107N2O7P/c1-7-10-13-16-19-22-25-27-29-30-31-32-33-34-35-37-40-43-46-49-52-55-62(66)71-60(53-50-47-44-41-38-24-21-18-15-12-9-3)59(58-70-72(67,68)69-57-56-64(4,5)6)63-61(65)54-51-48-45-42-39-36-28-26-23-20-17-14-11-8-2/h10-11,13-14,19-20,22-23,27-29,31-32,34-36,50,53,59-60H,7-9,12,15-18,21,24-26,30,33,37-49,51-52,54-58H2,1-6H3,(H-,63,65,67,68)/b13-10-,14-11+,22-19-,23-20+,29-27-,32-31-,35-34-,36-28+,53-50-. The van der Waals surface area contributed by atoms with Crippen molar-refractivity contribution in [2.75, 3.05) is 40.9 Å². The van der Waals surface area contributed by atoms with Crippen LogP contribution in [-0.2, 0) is 27.9 Å². The molecule has 0 fully saturated rings. The SMILES string of the molecule is CC/C=C\C/C=C\C/C=C\C/C=C\C/C=C\CCCCCCCC(=O)OC(/C=C\CCCCCCCCCCC)C(COP(=O)([O-])OCC[N+](C)(C)C)NC(=O)CCCCCC/C=C/C/C=C/C/C=C/CC. The van der Waals surface area contributed by atoms with Gasteiger partial charge in [-0.05, 0) is 109 Å². The lowest BCUT2D eigenvalue weighted by atomic mass is 10.1. The van der Waals surface area contributed by atoms with Crippen LogP contribution in [0.3, 0.4) is 0 Å². The molecule has 3 atom stereocenters. The number of esters is 1. The van der Waals surface area contributed by atoms with Crippen LogP contribution in [0.4, 0.5) is 0 Å². The normalized spacial score (nSPS) is 14.6. The van der Waals surface area contributed by atoms with Gasteiger partial charge in [0.1, 0.15) is 19.3 Å². The summed E-state index contributed by atoms with van der Waals surface area (Å²) in [6.07, 6.45) is 69.1. The maximum Gasteiger partial charge on any atom is 0.306 e. The molecule has 0 radical (unpaired) electrons. The van der Waals surface area contributed by atoms with Gasteiger partial charge in [-0.15, -0.1) is 0 Å². The van der Waals surface area contributed by atoms with E-state index in [1.807, 2.05) is 33.3 Å². The first kappa shape index (κ1) is 68.7. The van der Waals surface area contributed by atoms with Crippen LogP contribution < -0.4 is 10.2 Å². The Morgan fingerprint density at radius 2 is 0.889 bits per heavy atom. The molecule has 0 aliphatic carbocycles. The van der Waals surface area contributed by atoms with Gasteiger partial charge in [0.05, 0.1) is 33.8 Å². The Kier molecular flexibility index (Phi) is 48.8. The summed E-state index contributed by atoms with van der Waals surface area (Å²) >= 11 is 0. The molecule has 72 heavy (non-hydrogen) atoms. The van der Waals surface area contributed by atoms with Crippen molar-refractivity contribution in [3.05, 3.63) is 109 Å². The van der Waals surface area contributed by atoms with E-state index in [-0.39, 0.29) is 31.3 Å². The third-order valence-electron chi connectivity index (χ3n) is 11.9. The maximum absolute atomic E-state index is 13.5. The van der Waals surface area contributed by atoms with Gasteiger partial charge in [-0.25, -0.2) is 0 Å². The Balaban J connectivity index is 5.35. The minimum absolute atomic E-state index is 0.0362. The predicted molar refractivity (Wildman–Crippen MR) is 307 cm³/mol. The molecule has 10 heteroatoms. The lowest BCUT2D eigenvalue weighted by Crippen LogP contribution is -2.47. The van der Waals surface area contributed by atoms with E-state index in [2.05, 4.69) is 123 Å². The number of quaternary nitrogens is 1. The number of phosphoric ester groups is 1. The zero-order chi connectivity index (χ0) is 52.9. The molecule has 0 aromatic rings. The molecule has 9 nitrogen and oxygen atoms in total. The van der Waals surface area contributed by atoms with Crippen molar-refractivity contribution in [2.24, 2.45) is 0 Å². The van der Waals surface area contributed by atoms with Gasteiger partial charge < -0.3 is 28.5 Å². The Labute approximate surface area is 442 Å². The molecule has 0 aliphatic heterocycles. The highest BCUT2D eigenvalue weighted by molar-refractivity contribution is 7.45. The topological polar surface area (TPSA) is 114 Å². The number of ether oxygens (including phenoxy) is 1. The third kappa shape index (κ3) is 51.6. The fraction of sp³-hybridized carbons (Fsp3) is 0.677. The van der Waals surface area contributed by atoms with Gasteiger partial charge in [0, 0.05) is 12.8 Å². The highest BCUT2D eigenvalue weighted by Crippen LogP contribution is 2.38. The third-order valence-corrected chi connectivity index (χ3v) is 12.9. The number of allylic oxidation sites excluding steroid dienone is 17. The monoisotopic (exact) mass is 1020 g/mol. The molecule has 412 valence electrons. The summed E-state index contributed by atoms with van der Waals surface area (Å²) in [5.74, 6) is -0.599. The van der Waals surface area contributed by atoms with Gasteiger partial charge >= 0.3 is 5.97 Å². The summed E-state index contributed by atoms with van der Waals surface area (Å²) in [7, 11) is 1.14. The van der Waals surface area contributed by atoms with Crippen LogP contribution in [-0.4, -0.2) is 69.4 Å². The van der Waals surface area contributed by atoms with E-state index in [0.29, 0.717) is 23.9 Å². The van der Waals surface area contributed by atoms with Gasteiger partial charge in [-0.1, -0.05) is 208 Å². The van der Waals surface area contributed by atoms with Gasteiger partial charge in [0.15, 0.2) is 0 Å². The number of rotatable bonds is 50. The van der Waals surface area contributed by atoms with Crippen molar-refractivity contribution in [2.45, 2.75) is 232 Å². The molecule has 0 saturated carbocycles. The van der Waals surface area contributed by atoms with Crippen molar-refractivity contribution in [1.29, 1.82) is 0 Å². The van der Waals surface area contributed by atoms with Crippen LogP contribution >= 0.6 is 7.82 Å². The fourth-order valence-electron chi connectivity index (χ4n) is 7.56. The second kappa shape index (κ2) is 51.2. The minimum Gasteiger partial charge on any atom is -0.756 e. The smallest absolute Gasteiger partial charge is 0.306 e. The first-order chi connectivity index (χ1) is 34.9. The number of phosphoric acid groups is 1. The quantitative estimate of drug-likeness (QED) is 0.0212. The molecule has 0 aliphatic rings. The lowest BCUT2D eigenvalue weighted by Gasteiger charge is -2.30. The predicted octanol–water partition coefficient (Wildman–Crippen LogP) is 16.7. The van der Waals surface area contributed by atoms with Crippen LogP contribution in [0.1, 0.15) is 220 Å².